The zero-order valence-electron chi connectivity index (χ0n) is 15.4. The van der Waals surface area contributed by atoms with E-state index in [0.29, 0.717) is 27.8 Å². The second kappa shape index (κ2) is 9.20. The Balaban J connectivity index is 1.97. The average Bonchev–Trinajstić information content (AvgIpc) is 2.71. The molecule has 3 rings (SSSR count). The van der Waals surface area contributed by atoms with Gasteiger partial charge in [0.05, 0.1) is 22.8 Å². The van der Waals surface area contributed by atoms with E-state index in [1.807, 2.05) is 6.92 Å². The molecule has 0 spiro atoms. The van der Waals surface area contributed by atoms with Crippen LogP contribution in [0.2, 0.25) is 0 Å². The van der Waals surface area contributed by atoms with Gasteiger partial charge in [0, 0.05) is 21.9 Å². The number of rotatable bonds is 7. The van der Waals surface area contributed by atoms with E-state index in [2.05, 4.69) is 5.32 Å². The number of non-ortho nitro benzene ring substituents is 1. The van der Waals surface area contributed by atoms with Crippen LogP contribution in [0.3, 0.4) is 0 Å². The monoisotopic (exact) mass is 412 g/mol. The van der Waals surface area contributed by atoms with Gasteiger partial charge < -0.3 is 10.1 Å². The number of carbonyl (C=O) groups excluding carboxylic acids is 1. The molecule has 0 aliphatic heterocycles. The molecule has 0 aromatic heterocycles. The lowest BCUT2D eigenvalue weighted by Gasteiger charge is -2.13. The molecule has 1 N–H and O–H groups in total. The van der Waals surface area contributed by atoms with Crippen LogP contribution >= 0.6 is 11.8 Å². The number of nitro groups is 1. The fourth-order valence-electron chi connectivity index (χ4n) is 2.58. The van der Waals surface area contributed by atoms with E-state index in [4.69, 9.17) is 4.74 Å². The van der Waals surface area contributed by atoms with Gasteiger partial charge in [-0.05, 0) is 37.3 Å². The summed E-state index contributed by atoms with van der Waals surface area (Å²) in [4.78, 5) is 24.3. The molecule has 29 heavy (non-hydrogen) atoms. The second-order valence-corrected chi connectivity index (χ2v) is 6.94. The lowest BCUT2D eigenvalue weighted by molar-refractivity contribution is -0.384. The SMILES string of the molecule is CCOc1ccccc1NC(=O)c1cc([N+](=O)[O-])ccc1Sc1ccccc1F. The Bertz CT molecular complexity index is 1060. The number of carbonyl (C=O) groups is 1. The number of halogens is 1. The molecule has 0 unspecified atom stereocenters. The predicted molar refractivity (Wildman–Crippen MR) is 109 cm³/mol. The maximum absolute atomic E-state index is 14.1. The van der Waals surface area contributed by atoms with Gasteiger partial charge in [-0.25, -0.2) is 4.39 Å². The molecule has 0 radical (unpaired) electrons. The van der Waals surface area contributed by atoms with Gasteiger partial charge in [0.1, 0.15) is 11.6 Å². The largest absolute Gasteiger partial charge is 0.492 e. The fraction of sp³-hybridized carbons (Fsp3) is 0.0952. The van der Waals surface area contributed by atoms with Crippen LogP contribution in [-0.4, -0.2) is 17.4 Å². The zero-order valence-corrected chi connectivity index (χ0v) is 16.2. The summed E-state index contributed by atoms with van der Waals surface area (Å²) in [5, 5.41) is 13.9. The minimum absolute atomic E-state index is 0.0683. The number of nitrogens with one attached hydrogen (secondary N) is 1. The van der Waals surface area contributed by atoms with Crippen molar-refractivity contribution in [2.45, 2.75) is 16.7 Å². The number of hydrogen-bond acceptors (Lipinski definition) is 5. The van der Waals surface area contributed by atoms with Crippen molar-refractivity contribution in [2.24, 2.45) is 0 Å². The lowest BCUT2D eigenvalue weighted by atomic mass is 10.1. The summed E-state index contributed by atoms with van der Waals surface area (Å²) in [6.07, 6.45) is 0. The van der Waals surface area contributed by atoms with Crippen LogP contribution in [0.25, 0.3) is 0 Å². The van der Waals surface area contributed by atoms with Crippen molar-refractivity contribution in [3.63, 3.8) is 0 Å². The summed E-state index contributed by atoms with van der Waals surface area (Å²) < 4.78 is 19.6. The molecule has 3 aromatic rings. The Kier molecular flexibility index (Phi) is 6.46. The Morgan fingerprint density at radius 1 is 1.10 bits per heavy atom. The van der Waals surface area contributed by atoms with Gasteiger partial charge in [-0.1, -0.05) is 36.0 Å². The van der Waals surface area contributed by atoms with Crippen LogP contribution in [0.15, 0.2) is 76.5 Å². The van der Waals surface area contributed by atoms with Crippen LogP contribution in [0.4, 0.5) is 15.8 Å². The van der Waals surface area contributed by atoms with Gasteiger partial charge in [-0.15, -0.1) is 0 Å². The molecule has 6 nitrogen and oxygen atoms in total. The topological polar surface area (TPSA) is 81.5 Å². The number of nitrogens with zero attached hydrogens (tertiary/aromatic N) is 1. The quantitative estimate of drug-likeness (QED) is 0.407. The molecule has 148 valence electrons. The Morgan fingerprint density at radius 3 is 2.55 bits per heavy atom. The molecule has 0 aliphatic carbocycles. The Hall–Kier alpha value is -3.39. The highest BCUT2D eigenvalue weighted by atomic mass is 32.2. The number of benzene rings is 3. The van der Waals surface area contributed by atoms with Crippen LogP contribution in [0, 0.1) is 15.9 Å². The van der Waals surface area contributed by atoms with Crippen molar-refractivity contribution in [1.82, 2.24) is 0 Å². The van der Waals surface area contributed by atoms with Crippen molar-refractivity contribution in [3.05, 3.63) is 88.2 Å². The smallest absolute Gasteiger partial charge is 0.270 e. The first-order chi connectivity index (χ1) is 14.0. The van der Waals surface area contributed by atoms with Crippen LogP contribution in [-0.2, 0) is 0 Å². The highest BCUT2D eigenvalue weighted by Crippen LogP contribution is 2.35. The first-order valence-corrected chi connectivity index (χ1v) is 9.55. The number of ether oxygens (including phenoxy) is 1. The van der Waals surface area contributed by atoms with E-state index in [1.54, 1.807) is 42.5 Å². The lowest BCUT2D eigenvalue weighted by Crippen LogP contribution is -2.14. The third-order valence-corrected chi connectivity index (χ3v) is 5.04. The molecule has 0 saturated carbocycles. The summed E-state index contributed by atoms with van der Waals surface area (Å²) in [6.45, 7) is 2.24. The van der Waals surface area contributed by atoms with E-state index in [9.17, 15) is 19.3 Å². The third kappa shape index (κ3) is 4.91. The molecule has 8 heteroatoms. The zero-order chi connectivity index (χ0) is 20.8. The fourth-order valence-corrected chi connectivity index (χ4v) is 3.53. The molecule has 0 bridgehead atoms. The molecular formula is C21H17FN2O4S. The van der Waals surface area contributed by atoms with E-state index >= 15 is 0 Å². The summed E-state index contributed by atoms with van der Waals surface area (Å²) in [5.41, 5.74) is 0.276. The standard InChI is InChI=1S/C21H17FN2O4S/c1-2-28-18-9-5-4-8-17(18)23-21(25)15-13-14(24(26)27)11-12-19(15)29-20-10-6-3-7-16(20)22/h3-13H,2H2,1H3,(H,23,25). The number of para-hydroxylation sites is 2. The van der Waals surface area contributed by atoms with Gasteiger partial charge in [0.15, 0.2) is 0 Å². The molecule has 0 fully saturated rings. The van der Waals surface area contributed by atoms with Crippen molar-refractivity contribution in [2.75, 3.05) is 11.9 Å². The normalized spacial score (nSPS) is 10.4. The van der Waals surface area contributed by atoms with Crippen molar-refractivity contribution >= 4 is 29.0 Å². The highest BCUT2D eigenvalue weighted by Gasteiger charge is 2.19. The minimum atomic E-state index is -0.581. The average molecular weight is 412 g/mol. The molecule has 0 atom stereocenters. The van der Waals surface area contributed by atoms with Gasteiger partial charge in [0.2, 0.25) is 0 Å². The van der Waals surface area contributed by atoms with Crippen LogP contribution in [0.5, 0.6) is 5.75 Å². The number of anilines is 1. The third-order valence-electron chi connectivity index (χ3n) is 3.91. The molecule has 3 aromatic carbocycles. The van der Waals surface area contributed by atoms with Crippen LogP contribution in [0.1, 0.15) is 17.3 Å². The second-order valence-electron chi connectivity index (χ2n) is 5.85. The van der Waals surface area contributed by atoms with E-state index < -0.39 is 16.6 Å². The van der Waals surface area contributed by atoms with Crippen molar-refractivity contribution < 1.29 is 18.8 Å². The maximum atomic E-state index is 14.1. The minimum Gasteiger partial charge on any atom is -0.492 e. The van der Waals surface area contributed by atoms with Crippen molar-refractivity contribution in [3.8, 4) is 5.75 Å². The molecule has 1 amide bonds. The van der Waals surface area contributed by atoms with Crippen molar-refractivity contribution in [1.29, 1.82) is 0 Å². The highest BCUT2D eigenvalue weighted by molar-refractivity contribution is 7.99. The number of amides is 1. The molecule has 0 saturated heterocycles. The summed E-state index contributed by atoms with van der Waals surface area (Å²) in [6, 6.07) is 16.9. The molecule has 0 heterocycles. The van der Waals surface area contributed by atoms with Gasteiger partial charge in [-0.2, -0.15) is 0 Å². The predicted octanol–water partition coefficient (Wildman–Crippen LogP) is 5.54. The van der Waals surface area contributed by atoms with E-state index in [0.717, 1.165) is 11.8 Å². The summed E-state index contributed by atoms with van der Waals surface area (Å²) in [7, 11) is 0. The van der Waals surface area contributed by atoms with E-state index in [1.165, 1.54) is 24.3 Å². The van der Waals surface area contributed by atoms with Crippen LogP contribution < -0.4 is 10.1 Å². The molecule has 0 aliphatic rings. The first-order valence-electron chi connectivity index (χ1n) is 8.73. The van der Waals surface area contributed by atoms with Gasteiger partial charge >= 0.3 is 0 Å². The number of hydrogen-bond donors (Lipinski definition) is 1. The van der Waals surface area contributed by atoms with Gasteiger partial charge in [-0.3, -0.25) is 14.9 Å². The first kappa shape index (κ1) is 20.3. The Labute approximate surface area is 170 Å². The Morgan fingerprint density at radius 2 is 1.83 bits per heavy atom. The van der Waals surface area contributed by atoms with Gasteiger partial charge in [0.25, 0.3) is 11.6 Å². The summed E-state index contributed by atoms with van der Waals surface area (Å²) in [5.74, 6) is -0.513. The summed E-state index contributed by atoms with van der Waals surface area (Å²) >= 11 is 1.02. The van der Waals surface area contributed by atoms with E-state index in [-0.39, 0.29) is 11.3 Å². The number of nitro benzene ring substituents is 1. The maximum Gasteiger partial charge on any atom is 0.270 e. The molecular weight excluding hydrogens is 395 g/mol.